The highest BCUT2D eigenvalue weighted by Crippen LogP contribution is 2.37. The van der Waals surface area contributed by atoms with Crippen LogP contribution in [-0.2, 0) is 9.59 Å². The van der Waals surface area contributed by atoms with E-state index in [2.05, 4.69) is 5.32 Å². The van der Waals surface area contributed by atoms with Crippen LogP contribution in [0.15, 0.2) is 0 Å². The SMILES string of the molecule is CC(C(=O)NCC(O)CN(C)C(=O)C(C)C1CC1)C1CC1. The van der Waals surface area contributed by atoms with Gasteiger partial charge in [0, 0.05) is 32.0 Å². The number of rotatable bonds is 8. The van der Waals surface area contributed by atoms with Gasteiger partial charge in [0.2, 0.25) is 11.8 Å². The van der Waals surface area contributed by atoms with Gasteiger partial charge < -0.3 is 15.3 Å². The van der Waals surface area contributed by atoms with Crippen molar-refractivity contribution in [2.24, 2.45) is 23.7 Å². The van der Waals surface area contributed by atoms with Crippen LogP contribution < -0.4 is 5.32 Å². The maximum absolute atomic E-state index is 12.1. The molecule has 2 aliphatic rings. The largest absolute Gasteiger partial charge is 0.389 e. The van der Waals surface area contributed by atoms with Crippen molar-refractivity contribution in [2.45, 2.75) is 45.6 Å². The summed E-state index contributed by atoms with van der Waals surface area (Å²) in [5, 5.41) is 12.8. The van der Waals surface area contributed by atoms with E-state index in [4.69, 9.17) is 0 Å². The summed E-state index contributed by atoms with van der Waals surface area (Å²) < 4.78 is 0. The zero-order valence-corrected chi connectivity index (χ0v) is 13.3. The molecule has 0 spiro atoms. The van der Waals surface area contributed by atoms with E-state index in [0.717, 1.165) is 25.7 Å². The van der Waals surface area contributed by atoms with Gasteiger partial charge in [-0.3, -0.25) is 9.59 Å². The molecular weight excluding hydrogens is 268 g/mol. The molecule has 5 heteroatoms. The zero-order chi connectivity index (χ0) is 15.6. The van der Waals surface area contributed by atoms with Gasteiger partial charge in [-0.05, 0) is 37.5 Å². The summed E-state index contributed by atoms with van der Waals surface area (Å²) in [7, 11) is 1.72. The highest BCUT2D eigenvalue weighted by Gasteiger charge is 2.35. The summed E-state index contributed by atoms with van der Waals surface area (Å²) >= 11 is 0. The van der Waals surface area contributed by atoms with Crippen molar-refractivity contribution in [1.29, 1.82) is 0 Å². The van der Waals surface area contributed by atoms with E-state index in [1.165, 1.54) is 0 Å². The topological polar surface area (TPSA) is 69.6 Å². The second-order valence-corrected chi connectivity index (χ2v) is 6.87. The molecular formula is C16H28N2O3. The number of hydrogen-bond acceptors (Lipinski definition) is 3. The van der Waals surface area contributed by atoms with Crippen LogP contribution >= 0.6 is 0 Å². The van der Waals surface area contributed by atoms with Crippen LogP contribution in [0.4, 0.5) is 0 Å². The van der Waals surface area contributed by atoms with E-state index < -0.39 is 6.10 Å². The summed E-state index contributed by atoms with van der Waals surface area (Å²) in [4.78, 5) is 25.6. The van der Waals surface area contributed by atoms with Gasteiger partial charge in [0.1, 0.15) is 0 Å². The van der Waals surface area contributed by atoms with Crippen molar-refractivity contribution in [3.63, 3.8) is 0 Å². The molecule has 2 fully saturated rings. The monoisotopic (exact) mass is 296 g/mol. The number of likely N-dealkylation sites (N-methyl/N-ethyl adjacent to an activating group) is 1. The number of hydrogen-bond donors (Lipinski definition) is 2. The summed E-state index contributed by atoms with van der Waals surface area (Å²) in [6, 6.07) is 0. The minimum absolute atomic E-state index is 0.0110. The Hall–Kier alpha value is -1.10. The third-order valence-corrected chi connectivity index (χ3v) is 4.83. The molecule has 2 aliphatic carbocycles. The lowest BCUT2D eigenvalue weighted by Crippen LogP contribution is -2.43. The summed E-state index contributed by atoms with van der Waals surface area (Å²) in [5.74, 6) is 1.23. The molecule has 2 rings (SSSR count). The number of carbonyl (C=O) groups is 2. The summed E-state index contributed by atoms with van der Waals surface area (Å²) in [6.45, 7) is 4.38. The Morgan fingerprint density at radius 1 is 1.14 bits per heavy atom. The van der Waals surface area contributed by atoms with E-state index in [1.54, 1.807) is 11.9 Å². The molecule has 5 nitrogen and oxygen atoms in total. The summed E-state index contributed by atoms with van der Waals surface area (Å²) in [5.41, 5.74) is 0. The van der Waals surface area contributed by atoms with Crippen molar-refractivity contribution >= 4 is 11.8 Å². The average molecular weight is 296 g/mol. The Balaban J connectivity index is 1.66. The highest BCUT2D eigenvalue weighted by molar-refractivity contribution is 5.79. The molecule has 0 saturated heterocycles. The molecule has 2 amide bonds. The Labute approximate surface area is 127 Å². The fourth-order valence-electron chi connectivity index (χ4n) is 2.81. The fourth-order valence-corrected chi connectivity index (χ4v) is 2.81. The number of amides is 2. The van der Waals surface area contributed by atoms with E-state index in [9.17, 15) is 14.7 Å². The van der Waals surface area contributed by atoms with Gasteiger partial charge in [-0.2, -0.15) is 0 Å². The van der Waals surface area contributed by atoms with E-state index >= 15 is 0 Å². The van der Waals surface area contributed by atoms with Crippen LogP contribution in [0.2, 0.25) is 0 Å². The van der Waals surface area contributed by atoms with Crippen molar-refractivity contribution < 1.29 is 14.7 Å². The Morgan fingerprint density at radius 3 is 2.19 bits per heavy atom. The number of aliphatic hydroxyl groups is 1. The molecule has 0 radical (unpaired) electrons. The quantitative estimate of drug-likeness (QED) is 0.702. The maximum Gasteiger partial charge on any atom is 0.225 e. The molecule has 0 heterocycles. The lowest BCUT2D eigenvalue weighted by atomic mass is 10.0. The first-order valence-corrected chi connectivity index (χ1v) is 8.11. The van der Waals surface area contributed by atoms with Crippen molar-refractivity contribution in [1.82, 2.24) is 10.2 Å². The minimum Gasteiger partial charge on any atom is -0.389 e. The van der Waals surface area contributed by atoms with Gasteiger partial charge in [-0.25, -0.2) is 0 Å². The standard InChI is InChI=1S/C16H28N2O3/c1-10(12-4-5-12)15(20)17-8-14(19)9-18(3)16(21)11(2)13-6-7-13/h10-14,19H,4-9H2,1-3H3,(H,17,20). The van der Waals surface area contributed by atoms with Gasteiger partial charge in [-0.1, -0.05) is 13.8 Å². The normalized spacial score (nSPS) is 22.3. The maximum atomic E-state index is 12.1. The lowest BCUT2D eigenvalue weighted by Gasteiger charge is -2.24. The van der Waals surface area contributed by atoms with Gasteiger partial charge in [-0.15, -0.1) is 0 Å². The van der Waals surface area contributed by atoms with E-state index in [1.807, 2.05) is 13.8 Å². The molecule has 21 heavy (non-hydrogen) atoms. The number of carbonyl (C=O) groups excluding carboxylic acids is 2. The molecule has 0 aromatic rings. The van der Waals surface area contributed by atoms with Crippen LogP contribution in [0.5, 0.6) is 0 Å². The molecule has 3 unspecified atom stereocenters. The second kappa shape index (κ2) is 6.77. The van der Waals surface area contributed by atoms with Crippen molar-refractivity contribution in [3.05, 3.63) is 0 Å². The second-order valence-electron chi connectivity index (χ2n) is 6.87. The molecule has 3 atom stereocenters. The predicted molar refractivity (Wildman–Crippen MR) is 80.4 cm³/mol. The van der Waals surface area contributed by atoms with Crippen LogP contribution in [0.3, 0.4) is 0 Å². The zero-order valence-electron chi connectivity index (χ0n) is 13.3. The van der Waals surface area contributed by atoms with Crippen LogP contribution in [0.1, 0.15) is 39.5 Å². The smallest absolute Gasteiger partial charge is 0.225 e. The molecule has 0 aromatic carbocycles. The molecule has 0 bridgehead atoms. The number of nitrogens with one attached hydrogen (secondary N) is 1. The first kappa shape index (κ1) is 16.3. The third-order valence-electron chi connectivity index (χ3n) is 4.83. The van der Waals surface area contributed by atoms with Crippen LogP contribution in [0.25, 0.3) is 0 Å². The Bertz CT molecular complexity index is 391. The van der Waals surface area contributed by atoms with Crippen molar-refractivity contribution in [3.8, 4) is 0 Å². The van der Waals surface area contributed by atoms with Crippen molar-refractivity contribution in [2.75, 3.05) is 20.1 Å². The first-order chi connectivity index (χ1) is 9.90. The first-order valence-electron chi connectivity index (χ1n) is 8.11. The molecule has 120 valence electrons. The van der Waals surface area contributed by atoms with Gasteiger partial charge >= 0.3 is 0 Å². The van der Waals surface area contributed by atoms with E-state index in [-0.39, 0.29) is 36.7 Å². The van der Waals surface area contributed by atoms with Crippen LogP contribution in [-0.4, -0.2) is 48.1 Å². The van der Waals surface area contributed by atoms with E-state index in [0.29, 0.717) is 11.8 Å². The predicted octanol–water partition coefficient (Wildman–Crippen LogP) is 1.01. The Morgan fingerprint density at radius 2 is 1.67 bits per heavy atom. The fraction of sp³-hybridized carbons (Fsp3) is 0.875. The Kier molecular flexibility index (Phi) is 5.25. The highest BCUT2D eigenvalue weighted by atomic mass is 16.3. The van der Waals surface area contributed by atoms with Gasteiger partial charge in [0.25, 0.3) is 0 Å². The molecule has 2 saturated carbocycles. The molecule has 0 aliphatic heterocycles. The summed E-state index contributed by atoms with van der Waals surface area (Å²) in [6.07, 6.45) is 3.83. The average Bonchev–Trinajstić information content (AvgIpc) is 3.31. The lowest BCUT2D eigenvalue weighted by molar-refractivity contribution is -0.135. The molecule has 0 aromatic heterocycles. The van der Waals surface area contributed by atoms with Gasteiger partial charge in [0.05, 0.1) is 6.10 Å². The third kappa shape index (κ3) is 4.70. The van der Waals surface area contributed by atoms with Crippen LogP contribution in [0, 0.1) is 23.7 Å². The number of nitrogens with zero attached hydrogens (tertiary/aromatic N) is 1. The minimum atomic E-state index is -0.708. The van der Waals surface area contributed by atoms with Gasteiger partial charge in [0.15, 0.2) is 0 Å². The molecule has 2 N–H and O–H groups in total. The number of aliphatic hydroxyl groups excluding tert-OH is 1.